The minimum Gasteiger partial charge on any atom is -0.465 e. The van der Waals surface area contributed by atoms with E-state index in [-0.39, 0.29) is 43.7 Å². The molecule has 14 heteroatoms. The van der Waals surface area contributed by atoms with E-state index >= 15 is 0 Å². The number of benzene rings is 2. The van der Waals surface area contributed by atoms with E-state index in [4.69, 9.17) is 13.9 Å². The van der Waals surface area contributed by atoms with E-state index in [0.717, 1.165) is 74.0 Å². The van der Waals surface area contributed by atoms with Gasteiger partial charge in [-0.2, -0.15) is 0 Å². The predicted molar refractivity (Wildman–Crippen MR) is 224 cm³/mol. The third-order valence-electron chi connectivity index (χ3n) is 12.0. The van der Waals surface area contributed by atoms with Crippen LogP contribution >= 0.6 is 0 Å². The molecule has 0 aliphatic carbocycles. The molecule has 2 aromatic carbocycles. The van der Waals surface area contributed by atoms with Gasteiger partial charge in [0.25, 0.3) is 5.91 Å². The SMILES string of the molecule is C.CCCOC(=O)C1CCN(C)CC1.Cc1cc(C[C@@H](OC(=O)N2CCC(N3CCc4ccccc4NC3=O)CC2)C(=O)N2CCC(C)CC2)cc2oc(=O)n(C)c12. The minimum atomic E-state index is -1.00. The third kappa shape index (κ3) is 10.8. The molecular formula is C44H64N6O8. The van der Waals surface area contributed by atoms with Crippen molar-refractivity contribution < 1.29 is 33.1 Å². The molecule has 7 rings (SSSR count). The van der Waals surface area contributed by atoms with Crippen LogP contribution in [0.1, 0.15) is 82.9 Å². The van der Waals surface area contributed by atoms with Crippen molar-refractivity contribution in [1.29, 1.82) is 0 Å². The zero-order valence-electron chi connectivity index (χ0n) is 34.3. The number of esters is 1. The summed E-state index contributed by atoms with van der Waals surface area (Å²) in [5.74, 6) is 0.0612. The highest BCUT2D eigenvalue weighted by Crippen LogP contribution is 2.27. The molecule has 4 aliphatic heterocycles. The Hall–Kier alpha value is -4.85. The summed E-state index contributed by atoms with van der Waals surface area (Å²) in [7, 11) is 3.75. The summed E-state index contributed by atoms with van der Waals surface area (Å²) in [6.07, 6.45) is 5.33. The average molecular weight is 805 g/mol. The first-order chi connectivity index (χ1) is 27.4. The standard InChI is InChI=1S/C33H41N5O6.C10H19NO2.CH4/c1-21-8-13-36(14-9-21)30(39)28(20-23-18-22(2)29-27(19-23)43-32(41)35(29)3)44-33(42)37-15-11-25(12-16-37)38-17-10-24-6-4-5-7-26(24)34-31(38)40;1-3-8-13-10(12)9-4-6-11(2)7-5-9;/h4-7,18-19,21,25,28H,8-17,20H2,1-3H3,(H,34,40);9H,3-8H2,1-2H3;1H4/t28-;;/m1../s1. The van der Waals surface area contributed by atoms with Gasteiger partial charge in [-0.1, -0.05) is 45.5 Å². The second-order valence-corrected chi connectivity index (χ2v) is 16.3. The van der Waals surface area contributed by atoms with Crippen molar-refractivity contribution in [2.45, 2.75) is 98.1 Å². The van der Waals surface area contributed by atoms with Crippen molar-refractivity contribution in [3.8, 4) is 0 Å². The van der Waals surface area contributed by atoms with Gasteiger partial charge in [-0.15, -0.1) is 0 Å². The Bertz CT molecular complexity index is 1940. The fourth-order valence-corrected chi connectivity index (χ4v) is 8.38. The summed E-state index contributed by atoms with van der Waals surface area (Å²) < 4.78 is 18.0. The van der Waals surface area contributed by atoms with E-state index in [1.807, 2.05) is 49.1 Å². The maximum Gasteiger partial charge on any atom is 0.419 e. The Morgan fingerprint density at radius 1 is 0.897 bits per heavy atom. The number of ether oxygens (including phenoxy) is 2. The molecule has 58 heavy (non-hydrogen) atoms. The first-order valence-electron chi connectivity index (χ1n) is 20.8. The lowest BCUT2D eigenvalue weighted by Crippen LogP contribution is -2.51. The minimum absolute atomic E-state index is 0. The molecular weight excluding hydrogens is 741 g/mol. The van der Waals surface area contributed by atoms with Crippen molar-refractivity contribution in [2.24, 2.45) is 18.9 Å². The smallest absolute Gasteiger partial charge is 0.419 e. The molecule has 4 amide bonds. The van der Waals surface area contributed by atoms with Gasteiger partial charge in [0.05, 0.1) is 18.0 Å². The largest absolute Gasteiger partial charge is 0.465 e. The van der Waals surface area contributed by atoms with Gasteiger partial charge in [0.1, 0.15) is 0 Å². The number of amides is 4. The molecule has 3 saturated heterocycles. The van der Waals surface area contributed by atoms with Crippen LogP contribution in [0.4, 0.5) is 15.3 Å². The molecule has 0 unspecified atom stereocenters. The van der Waals surface area contributed by atoms with Crippen molar-refractivity contribution in [1.82, 2.24) is 24.2 Å². The first-order valence-corrected chi connectivity index (χ1v) is 20.8. The van der Waals surface area contributed by atoms with Crippen LogP contribution in [-0.4, -0.2) is 120 Å². The van der Waals surface area contributed by atoms with Gasteiger partial charge in [-0.3, -0.25) is 14.2 Å². The number of oxazole rings is 1. The molecule has 5 heterocycles. The van der Waals surface area contributed by atoms with E-state index in [9.17, 15) is 24.0 Å². The topological polar surface area (TPSA) is 147 Å². The summed E-state index contributed by atoms with van der Waals surface area (Å²) in [6.45, 7) is 11.5. The van der Waals surface area contributed by atoms with Gasteiger partial charge in [0, 0.05) is 57.9 Å². The Labute approximate surface area is 342 Å². The molecule has 1 atom stereocenters. The molecule has 1 N–H and O–H groups in total. The maximum absolute atomic E-state index is 13.8. The molecule has 1 aromatic heterocycles. The quantitative estimate of drug-likeness (QED) is 0.262. The molecule has 0 bridgehead atoms. The molecule has 318 valence electrons. The van der Waals surface area contributed by atoms with Crippen LogP contribution in [0.25, 0.3) is 11.1 Å². The van der Waals surface area contributed by atoms with Crippen LogP contribution in [0.3, 0.4) is 0 Å². The number of nitrogens with one attached hydrogen (secondary N) is 1. The zero-order valence-corrected chi connectivity index (χ0v) is 34.3. The van der Waals surface area contributed by atoms with Crippen LogP contribution in [0.15, 0.2) is 45.6 Å². The Morgan fingerprint density at radius 3 is 2.26 bits per heavy atom. The van der Waals surface area contributed by atoms with Crippen LogP contribution in [0.5, 0.6) is 0 Å². The van der Waals surface area contributed by atoms with Gasteiger partial charge in [-0.05, 0) is 113 Å². The molecule has 0 saturated carbocycles. The van der Waals surface area contributed by atoms with Crippen LogP contribution in [-0.2, 0) is 39.0 Å². The first kappa shape index (κ1) is 44.3. The van der Waals surface area contributed by atoms with E-state index in [1.165, 1.54) is 4.57 Å². The number of hydrogen-bond acceptors (Lipinski definition) is 9. The lowest BCUT2D eigenvalue weighted by Gasteiger charge is -2.38. The number of aryl methyl sites for hydroxylation is 2. The number of carbonyl (C=O) groups excluding carboxylic acids is 4. The number of fused-ring (bicyclic) bond motifs is 2. The normalized spacial score (nSPS) is 18.9. The number of hydrogen-bond donors (Lipinski definition) is 1. The van der Waals surface area contributed by atoms with Gasteiger partial charge in [0.15, 0.2) is 11.7 Å². The Balaban J connectivity index is 0.000000392. The average Bonchev–Trinajstić information content (AvgIpc) is 3.38. The van der Waals surface area contributed by atoms with Crippen LogP contribution in [0, 0.1) is 18.8 Å². The molecule has 14 nitrogen and oxygen atoms in total. The van der Waals surface area contributed by atoms with Gasteiger partial charge in [0.2, 0.25) is 0 Å². The number of nitrogens with zero attached hydrogens (tertiary/aromatic N) is 5. The maximum atomic E-state index is 13.8. The van der Waals surface area contributed by atoms with Crippen molar-refractivity contribution in [3.05, 3.63) is 63.6 Å². The number of piperidine rings is 3. The second kappa shape index (κ2) is 20.2. The highest BCUT2D eigenvalue weighted by atomic mass is 16.6. The number of aromatic nitrogens is 1. The number of para-hydroxylation sites is 1. The number of urea groups is 1. The zero-order chi connectivity index (χ0) is 40.6. The van der Waals surface area contributed by atoms with Gasteiger partial charge >= 0.3 is 23.8 Å². The monoisotopic (exact) mass is 804 g/mol. The Kier molecular flexibility index (Phi) is 15.4. The lowest BCUT2D eigenvalue weighted by atomic mass is 9.97. The summed E-state index contributed by atoms with van der Waals surface area (Å²) in [6, 6.07) is 11.4. The molecule has 4 aliphatic rings. The number of likely N-dealkylation sites (tertiary alicyclic amines) is 3. The van der Waals surface area contributed by atoms with Crippen LogP contribution in [0.2, 0.25) is 0 Å². The fourth-order valence-electron chi connectivity index (χ4n) is 8.38. The number of carbonyl (C=O) groups is 4. The van der Waals surface area contributed by atoms with E-state index in [0.29, 0.717) is 69.2 Å². The second-order valence-electron chi connectivity index (χ2n) is 16.3. The summed E-state index contributed by atoms with van der Waals surface area (Å²) in [4.78, 5) is 71.4. The fraction of sp³-hybridized carbons (Fsp3) is 0.614. The highest BCUT2D eigenvalue weighted by molar-refractivity contribution is 5.91. The summed E-state index contributed by atoms with van der Waals surface area (Å²) in [5.41, 5.74) is 4.72. The van der Waals surface area contributed by atoms with Crippen molar-refractivity contribution >= 4 is 40.8 Å². The highest BCUT2D eigenvalue weighted by Gasteiger charge is 2.35. The summed E-state index contributed by atoms with van der Waals surface area (Å²) >= 11 is 0. The van der Waals surface area contributed by atoms with Crippen LogP contribution < -0.4 is 11.1 Å². The summed E-state index contributed by atoms with van der Waals surface area (Å²) in [5, 5.41) is 3.03. The number of rotatable bonds is 8. The third-order valence-corrected chi connectivity index (χ3v) is 12.0. The van der Waals surface area contributed by atoms with E-state index < -0.39 is 18.0 Å². The van der Waals surface area contributed by atoms with E-state index in [2.05, 4.69) is 24.2 Å². The molecule has 0 spiro atoms. The van der Waals surface area contributed by atoms with Gasteiger partial charge in [-0.25, -0.2) is 14.4 Å². The van der Waals surface area contributed by atoms with Gasteiger partial charge < -0.3 is 38.8 Å². The predicted octanol–water partition coefficient (Wildman–Crippen LogP) is 6.22. The molecule has 0 radical (unpaired) electrons. The van der Waals surface area contributed by atoms with Crippen molar-refractivity contribution in [2.75, 3.05) is 64.8 Å². The Morgan fingerprint density at radius 2 is 1.57 bits per heavy atom. The molecule has 3 aromatic rings. The number of anilines is 1. The lowest BCUT2D eigenvalue weighted by molar-refractivity contribution is -0.150. The van der Waals surface area contributed by atoms with Crippen molar-refractivity contribution in [3.63, 3.8) is 0 Å². The van der Waals surface area contributed by atoms with E-state index in [1.54, 1.807) is 22.9 Å². The molecule has 3 fully saturated rings.